The molecule has 0 aliphatic carbocycles. The molecule has 0 aromatic rings. The first kappa shape index (κ1) is 8.94. The molecule has 0 aliphatic rings. The summed E-state index contributed by atoms with van der Waals surface area (Å²) in [6.07, 6.45) is 0. The number of amides is 2. The number of thiocarbonyl (C=S) groups is 2. The summed E-state index contributed by atoms with van der Waals surface area (Å²) in [5, 5.41) is 3.74. The lowest BCUT2D eigenvalue weighted by molar-refractivity contribution is -0.407. The average molecular weight is 174 g/mol. The van der Waals surface area contributed by atoms with Gasteiger partial charge in [0.25, 0.3) is 10.3 Å². The van der Waals surface area contributed by atoms with Crippen LogP contribution in [-0.2, 0) is 9.59 Å². The van der Waals surface area contributed by atoms with Crippen LogP contribution in [-0.4, -0.2) is 22.1 Å². The first-order chi connectivity index (χ1) is 4.72. The Morgan fingerprint density at radius 3 is 1.50 bits per heavy atom. The van der Waals surface area contributed by atoms with Gasteiger partial charge in [-0.3, -0.25) is 0 Å². The molecule has 0 aliphatic heterocycles. The number of carbonyl (C=O) groups is 2. The largest absolute Gasteiger partial charge is 0.537 e. The zero-order valence-corrected chi connectivity index (χ0v) is 6.27. The fourth-order valence-electron chi connectivity index (χ4n) is 0.206. The van der Waals surface area contributed by atoms with Gasteiger partial charge in [-0.25, -0.2) is 9.59 Å². The Bertz CT molecular complexity index is 232. The summed E-state index contributed by atoms with van der Waals surface area (Å²) in [7, 11) is 0. The minimum absolute atomic E-state index is 0.910. The number of nitrogens with one attached hydrogen (secondary N) is 2. The van der Waals surface area contributed by atoms with Gasteiger partial charge < -0.3 is 0 Å². The van der Waals surface area contributed by atoms with E-state index < -0.39 is 11.8 Å². The summed E-state index contributed by atoms with van der Waals surface area (Å²) in [6, 6.07) is 0. The van der Waals surface area contributed by atoms with Crippen molar-refractivity contribution in [2.75, 3.05) is 0 Å². The maximum Gasteiger partial charge on any atom is 0.537 e. The molecule has 10 heavy (non-hydrogen) atoms. The Labute approximate surface area is 66.7 Å². The third-order valence-corrected chi connectivity index (χ3v) is 0.739. The highest BCUT2D eigenvalue weighted by molar-refractivity contribution is 7.78. The molecule has 0 aromatic heterocycles. The van der Waals surface area contributed by atoms with Gasteiger partial charge in [0.2, 0.25) is 0 Å². The van der Waals surface area contributed by atoms with E-state index in [1.807, 2.05) is 20.3 Å². The molecule has 0 heterocycles. The normalized spacial score (nSPS) is 6.80. The molecule has 50 valence electrons. The summed E-state index contributed by atoms with van der Waals surface area (Å²) in [5.74, 6) is -1.82. The summed E-state index contributed by atoms with van der Waals surface area (Å²) in [4.78, 5) is 24.5. The predicted octanol–water partition coefficient (Wildman–Crippen LogP) is -3.59. The molecule has 0 atom stereocenters. The topological polar surface area (TPSA) is 62.1 Å². The molecule has 0 fully saturated rings. The molecule has 0 aromatic carbocycles. The molecule has 0 rings (SSSR count). The van der Waals surface area contributed by atoms with Crippen LogP contribution in [0.2, 0.25) is 0 Å². The van der Waals surface area contributed by atoms with Gasteiger partial charge in [-0.1, -0.05) is 0 Å². The van der Waals surface area contributed by atoms with Crippen LogP contribution in [0.3, 0.4) is 0 Å². The lowest BCUT2D eigenvalue weighted by atomic mass is 10.6. The second-order valence-corrected chi connectivity index (χ2v) is 1.52. The Morgan fingerprint density at radius 1 is 1.00 bits per heavy atom. The summed E-state index contributed by atoms with van der Waals surface area (Å²) in [5.41, 5.74) is 0. The van der Waals surface area contributed by atoms with Gasteiger partial charge in [-0.15, -0.1) is 9.98 Å². The Kier molecular flexibility index (Phi) is 4.28. The van der Waals surface area contributed by atoms with Crippen LogP contribution in [0, 0.1) is 0 Å². The SMILES string of the molecule is O=C([NH+]=C=S)C(=O)[NH+]=C=S. The predicted molar refractivity (Wildman–Crippen MR) is 37.1 cm³/mol. The molecule has 0 radical (unpaired) electrons. The number of rotatable bonds is 0. The Hall–Kier alpha value is -1.06. The molecule has 0 unspecified atom stereocenters. The van der Waals surface area contributed by atoms with Crippen molar-refractivity contribution in [1.29, 1.82) is 0 Å². The highest BCUT2D eigenvalue weighted by atomic mass is 32.1. The Morgan fingerprint density at radius 2 is 1.30 bits per heavy atom. The van der Waals surface area contributed by atoms with E-state index in [9.17, 15) is 9.59 Å². The van der Waals surface area contributed by atoms with Gasteiger partial charge in [0.05, 0.1) is 0 Å². The monoisotopic (exact) mass is 174 g/mol. The van der Waals surface area contributed by atoms with Crippen molar-refractivity contribution in [3.05, 3.63) is 0 Å². The second kappa shape index (κ2) is 4.78. The van der Waals surface area contributed by atoms with Crippen molar-refractivity contribution in [2.24, 2.45) is 0 Å². The number of hydrogen-bond donors (Lipinski definition) is 2. The quantitative estimate of drug-likeness (QED) is 0.226. The van der Waals surface area contributed by atoms with E-state index >= 15 is 0 Å². The zero-order chi connectivity index (χ0) is 7.98. The van der Waals surface area contributed by atoms with Crippen molar-refractivity contribution in [3.8, 4) is 0 Å². The average Bonchev–Trinajstić information content (AvgIpc) is 1.89. The van der Waals surface area contributed by atoms with Gasteiger partial charge >= 0.3 is 11.8 Å². The first-order valence-electron chi connectivity index (χ1n) is 2.07. The van der Waals surface area contributed by atoms with Crippen LogP contribution in [0.4, 0.5) is 0 Å². The molecule has 0 spiro atoms. The molecule has 2 N–H and O–H groups in total. The fraction of sp³-hybridized carbons (Fsp3) is 0. The minimum atomic E-state index is -0.910. The molecule has 6 heteroatoms. The third-order valence-electron chi connectivity index (χ3n) is 0.535. The van der Waals surface area contributed by atoms with Crippen molar-refractivity contribution in [2.45, 2.75) is 0 Å². The van der Waals surface area contributed by atoms with E-state index in [0.717, 1.165) is 0 Å². The lowest BCUT2D eigenvalue weighted by Crippen LogP contribution is -2.87. The minimum Gasteiger partial charge on any atom is -0.202 e. The van der Waals surface area contributed by atoms with Gasteiger partial charge in [0.15, 0.2) is 0 Å². The van der Waals surface area contributed by atoms with Crippen molar-refractivity contribution >= 4 is 46.6 Å². The molecule has 4 nitrogen and oxygen atoms in total. The number of carbonyl (C=O) groups excluding carboxylic acids is 2. The molecule has 0 saturated carbocycles. The number of hydrogen-bond acceptors (Lipinski definition) is 4. The molecular weight excluding hydrogens is 172 g/mol. The van der Waals surface area contributed by atoms with E-state index in [1.165, 1.54) is 0 Å². The van der Waals surface area contributed by atoms with E-state index in [1.54, 1.807) is 0 Å². The van der Waals surface area contributed by atoms with Crippen LogP contribution < -0.4 is 9.98 Å². The van der Waals surface area contributed by atoms with Crippen LogP contribution in [0.15, 0.2) is 0 Å². The van der Waals surface area contributed by atoms with Gasteiger partial charge in [0.1, 0.15) is 0 Å². The van der Waals surface area contributed by atoms with Crippen LogP contribution in [0.5, 0.6) is 0 Å². The number of isothiocyanates is 2. The van der Waals surface area contributed by atoms with Gasteiger partial charge in [0, 0.05) is 24.4 Å². The first-order valence-corrected chi connectivity index (χ1v) is 2.88. The highest BCUT2D eigenvalue weighted by Crippen LogP contribution is 1.40. The molecule has 0 saturated heterocycles. The van der Waals surface area contributed by atoms with Crippen LogP contribution >= 0.6 is 24.4 Å². The lowest BCUT2D eigenvalue weighted by Gasteiger charge is -1.63. The molecule has 0 bridgehead atoms. The van der Waals surface area contributed by atoms with Gasteiger partial charge in [-0.05, 0) is 0 Å². The maximum absolute atomic E-state index is 10.4. The van der Waals surface area contributed by atoms with E-state index in [4.69, 9.17) is 0 Å². The van der Waals surface area contributed by atoms with E-state index in [2.05, 4.69) is 24.4 Å². The summed E-state index contributed by atoms with van der Waals surface area (Å²) in [6.45, 7) is 0. The molecular formula is C4H2N2O2S2+2. The molecule has 2 amide bonds. The van der Waals surface area contributed by atoms with Crippen LogP contribution in [0.25, 0.3) is 0 Å². The van der Waals surface area contributed by atoms with E-state index in [-0.39, 0.29) is 0 Å². The fourth-order valence-corrected chi connectivity index (χ4v) is 0.392. The Balaban J connectivity index is 4.37. The van der Waals surface area contributed by atoms with Gasteiger partial charge in [-0.2, -0.15) is 0 Å². The summed E-state index contributed by atoms with van der Waals surface area (Å²) >= 11 is 8.25. The van der Waals surface area contributed by atoms with Crippen molar-refractivity contribution in [1.82, 2.24) is 0 Å². The smallest absolute Gasteiger partial charge is 0.202 e. The van der Waals surface area contributed by atoms with E-state index in [0.29, 0.717) is 0 Å². The van der Waals surface area contributed by atoms with Crippen molar-refractivity contribution in [3.63, 3.8) is 0 Å². The second-order valence-electron chi connectivity index (χ2n) is 1.11. The summed E-state index contributed by atoms with van der Waals surface area (Å²) < 4.78 is 0. The standard InChI is InChI=1S/C4N2O2S2/c7-3(5-1-9)4(8)6-2-10/p+2. The zero-order valence-electron chi connectivity index (χ0n) is 4.63. The van der Waals surface area contributed by atoms with Crippen molar-refractivity contribution < 1.29 is 19.6 Å². The third kappa shape index (κ3) is 3.06. The highest BCUT2D eigenvalue weighted by Gasteiger charge is 2.23. The maximum atomic E-state index is 10.4. The van der Waals surface area contributed by atoms with Crippen LogP contribution in [0.1, 0.15) is 0 Å².